The molecule has 0 unspecified atom stereocenters. The molecule has 0 N–H and O–H groups in total. The second-order valence-electron chi connectivity index (χ2n) is 7.52. The third kappa shape index (κ3) is 2.65. The highest BCUT2D eigenvalue weighted by Gasteiger charge is 2.68. The molecule has 1 aliphatic rings. The molecule has 1 aliphatic carbocycles. The van der Waals surface area contributed by atoms with Gasteiger partial charge in [-0.3, -0.25) is 9.78 Å². The highest BCUT2D eigenvalue weighted by molar-refractivity contribution is 7.10. The van der Waals surface area contributed by atoms with E-state index in [4.69, 9.17) is 4.52 Å². The van der Waals surface area contributed by atoms with Crippen molar-refractivity contribution < 1.29 is 9.32 Å². The average molecular weight is 367 g/mol. The molecule has 1 atom stereocenters. The summed E-state index contributed by atoms with van der Waals surface area (Å²) in [5, 5.41) is 6.14. The Morgan fingerprint density at radius 3 is 2.77 bits per heavy atom. The molecule has 3 heterocycles. The topological polar surface area (TPSA) is 59.2 Å². The fraction of sp³-hybridized carbons (Fsp3) is 0.350. The third-order valence-electron chi connectivity index (χ3n) is 5.30. The molecule has 0 spiro atoms. The number of pyridine rings is 1. The van der Waals surface area contributed by atoms with Crippen molar-refractivity contribution in [3.05, 3.63) is 58.7 Å². The molecule has 0 saturated heterocycles. The van der Waals surface area contributed by atoms with Gasteiger partial charge in [-0.05, 0) is 35.4 Å². The van der Waals surface area contributed by atoms with Gasteiger partial charge >= 0.3 is 0 Å². The maximum Gasteiger partial charge on any atom is 0.234 e. The molecule has 0 bridgehead atoms. The number of hydrogen-bond donors (Lipinski definition) is 0. The number of hydrogen-bond acceptors (Lipinski definition) is 5. The Kier molecular flexibility index (Phi) is 3.95. The van der Waals surface area contributed by atoms with E-state index in [1.54, 1.807) is 28.6 Å². The summed E-state index contributed by atoms with van der Waals surface area (Å²) in [7, 11) is 1.83. The molecule has 1 fully saturated rings. The zero-order valence-electron chi connectivity index (χ0n) is 15.1. The Balaban J connectivity index is 1.53. The van der Waals surface area contributed by atoms with E-state index in [1.807, 2.05) is 36.7 Å². The number of rotatable bonds is 5. The molecule has 3 aromatic rings. The minimum Gasteiger partial charge on any atom is -0.359 e. The first-order valence-electron chi connectivity index (χ1n) is 8.60. The van der Waals surface area contributed by atoms with Gasteiger partial charge in [0.05, 0.1) is 12.0 Å². The lowest BCUT2D eigenvalue weighted by Gasteiger charge is -2.25. The lowest BCUT2D eigenvalue weighted by Crippen LogP contribution is -2.38. The highest BCUT2D eigenvalue weighted by atomic mass is 32.1. The van der Waals surface area contributed by atoms with Crippen LogP contribution in [-0.4, -0.2) is 28.0 Å². The zero-order valence-corrected chi connectivity index (χ0v) is 15.9. The second-order valence-corrected chi connectivity index (χ2v) is 8.47. The van der Waals surface area contributed by atoms with Gasteiger partial charge in [-0.15, -0.1) is 11.3 Å². The number of aromatic nitrogens is 2. The largest absolute Gasteiger partial charge is 0.359 e. The van der Waals surface area contributed by atoms with Gasteiger partial charge in [-0.25, -0.2) is 0 Å². The summed E-state index contributed by atoms with van der Waals surface area (Å²) < 4.78 is 5.45. The minimum absolute atomic E-state index is 0.0223. The summed E-state index contributed by atoms with van der Waals surface area (Å²) in [6, 6.07) is 9.75. The number of carbonyl (C=O) groups is 1. The van der Waals surface area contributed by atoms with E-state index in [-0.39, 0.29) is 11.3 Å². The highest BCUT2D eigenvalue weighted by Crippen LogP contribution is 2.66. The van der Waals surface area contributed by atoms with Crippen LogP contribution in [0.15, 0.2) is 52.6 Å². The Morgan fingerprint density at radius 2 is 2.15 bits per heavy atom. The smallest absolute Gasteiger partial charge is 0.234 e. The van der Waals surface area contributed by atoms with Gasteiger partial charge in [0.1, 0.15) is 5.69 Å². The first-order chi connectivity index (χ1) is 12.4. The SMILES string of the molecule is CN(Cc1cc(-c2cccnc2)no1)C(=O)[C@@]1(c2cccs2)CC1(C)C. The van der Waals surface area contributed by atoms with Crippen LogP contribution in [0.3, 0.4) is 0 Å². The maximum atomic E-state index is 13.3. The van der Waals surface area contributed by atoms with Crippen LogP contribution in [0, 0.1) is 5.41 Å². The zero-order chi connectivity index (χ0) is 18.4. The predicted molar refractivity (Wildman–Crippen MR) is 101 cm³/mol. The van der Waals surface area contributed by atoms with E-state index < -0.39 is 5.41 Å². The Labute approximate surface area is 156 Å². The third-order valence-corrected chi connectivity index (χ3v) is 6.33. The van der Waals surface area contributed by atoms with Gasteiger partial charge < -0.3 is 9.42 Å². The van der Waals surface area contributed by atoms with Crippen LogP contribution >= 0.6 is 11.3 Å². The Morgan fingerprint density at radius 1 is 1.35 bits per heavy atom. The van der Waals surface area contributed by atoms with Crippen LogP contribution in [0.1, 0.15) is 30.9 Å². The lowest BCUT2D eigenvalue weighted by atomic mass is 9.92. The van der Waals surface area contributed by atoms with Crippen LogP contribution < -0.4 is 0 Å². The molecule has 1 amide bonds. The first-order valence-corrected chi connectivity index (χ1v) is 9.47. The Hall–Kier alpha value is -2.47. The number of likely N-dealkylation sites (N-methyl/N-ethyl adjacent to an activating group) is 1. The second kappa shape index (κ2) is 6.06. The summed E-state index contributed by atoms with van der Waals surface area (Å²) in [5.41, 5.74) is 1.19. The molecule has 5 nitrogen and oxygen atoms in total. The summed E-state index contributed by atoms with van der Waals surface area (Å²) in [4.78, 5) is 20.3. The van der Waals surface area contributed by atoms with E-state index in [9.17, 15) is 4.79 Å². The van der Waals surface area contributed by atoms with Crippen molar-refractivity contribution in [2.45, 2.75) is 32.2 Å². The van der Waals surface area contributed by atoms with Crippen LogP contribution in [0.25, 0.3) is 11.3 Å². The first kappa shape index (κ1) is 17.0. The van der Waals surface area contributed by atoms with Gasteiger partial charge in [0.15, 0.2) is 5.76 Å². The van der Waals surface area contributed by atoms with Crippen LogP contribution in [0.5, 0.6) is 0 Å². The van der Waals surface area contributed by atoms with Crippen molar-refractivity contribution in [1.29, 1.82) is 0 Å². The number of amides is 1. The molecular weight excluding hydrogens is 346 g/mol. The molecule has 134 valence electrons. The summed E-state index contributed by atoms with van der Waals surface area (Å²) in [6.07, 6.45) is 4.34. The van der Waals surface area contributed by atoms with Crippen molar-refractivity contribution in [1.82, 2.24) is 15.0 Å². The molecule has 0 aromatic carbocycles. The van der Waals surface area contributed by atoms with Gasteiger partial charge in [-0.2, -0.15) is 0 Å². The molecule has 0 radical (unpaired) electrons. The van der Waals surface area contributed by atoms with Gasteiger partial charge in [0, 0.05) is 35.9 Å². The van der Waals surface area contributed by atoms with E-state index >= 15 is 0 Å². The molecule has 0 aliphatic heterocycles. The minimum atomic E-state index is -0.415. The van der Waals surface area contributed by atoms with Crippen molar-refractivity contribution in [3.63, 3.8) is 0 Å². The van der Waals surface area contributed by atoms with Crippen molar-refractivity contribution in [3.8, 4) is 11.3 Å². The van der Waals surface area contributed by atoms with Crippen molar-refractivity contribution >= 4 is 17.2 Å². The fourth-order valence-corrected chi connectivity index (χ4v) is 4.80. The van der Waals surface area contributed by atoms with Crippen molar-refractivity contribution in [2.24, 2.45) is 5.41 Å². The molecule has 26 heavy (non-hydrogen) atoms. The molecule has 1 saturated carbocycles. The molecule has 3 aromatic heterocycles. The number of thiophene rings is 1. The summed E-state index contributed by atoms with van der Waals surface area (Å²) >= 11 is 1.66. The number of nitrogens with zero attached hydrogens (tertiary/aromatic N) is 3. The van der Waals surface area contributed by atoms with Crippen molar-refractivity contribution in [2.75, 3.05) is 7.05 Å². The molecule has 6 heteroatoms. The van der Waals surface area contributed by atoms with Crippen LogP contribution in [0.2, 0.25) is 0 Å². The van der Waals surface area contributed by atoms with E-state index in [0.29, 0.717) is 12.3 Å². The average Bonchev–Trinajstić information content (AvgIpc) is 3.08. The standard InChI is InChI=1S/C20H21N3O2S/c1-19(2)13-20(19,17-7-5-9-26-17)18(24)23(3)12-15-10-16(22-25-15)14-6-4-8-21-11-14/h4-11H,12-13H2,1-3H3/t20-/m0/s1. The Bertz CT molecular complexity index is 918. The fourth-order valence-electron chi connectivity index (χ4n) is 3.70. The van der Waals surface area contributed by atoms with E-state index in [0.717, 1.165) is 22.6 Å². The molecule has 4 rings (SSSR count). The van der Waals surface area contributed by atoms with E-state index in [2.05, 4.69) is 30.1 Å². The lowest BCUT2D eigenvalue weighted by molar-refractivity contribution is -0.134. The monoisotopic (exact) mass is 367 g/mol. The van der Waals surface area contributed by atoms with Crippen LogP contribution in [-0.2, 0) is 16.8 Å². The predicted octanol–water partition coefficient (Wildman–Crippen LogP) is 4.12. The summed E-state index contributed by atoms with van der Waals surface area (Å²) in [6.45, 7) is 4.72. The normalized spacial score (nSPS) is 20.7. The van der Waals surface area contributed by atoms with Crippen LogP contribution in [0.4, 0.5) is 0 Å². The van der Waals surface area contributed by atoms with Gasteiger partial charge in [0.2, 0.25) is 5.91 Å². The van der Waals surface area contributed by atoms with E-state index in [1.165, 1.54) is 0 Å². The number of carbonyl (C=O) groups excluding carboxylic acids is 1. The molecular formula is C20H21N3O2S. The van der Waals surface area contributed by atoms with Gasteiger partial charge in [-0.1, -0.05) is 25.1 Å². The summed E-state index contributed by atoms with van der Waals surface area (Å²) in [5.74, 6) is 0.809. The van der Waals surface area contributed by atoms with Gasteiger partial charge in [0.25, 0.3) is 0 Å². The quantitative estimate of drug-likeness (QED) is 0.680. The maximum absolute atomic E-state index is 13.3.